The first-order chi connectivity index (χ1) is 9.85. The Bertz CT molecular complexity index is 515. The number of nitrogens with one attached hydrogen (secondary N) is 1. The second-order valence-electron chi connectivity index (χ2n) is 5.13. The van der Waals surface area contributed by atoms with Gasteiger partial charge in [0.1, 0.15) is 0 Å². The van der Waals surface area contributed by atoms with Crippen molar-refractivity contribution in [3.05, 3.63) is 23.8 Å². The summed E-state index contributed by atoms with van der Waals surface area (Å²) >= 11 is 0. The van der Waals surface area contributed by atoms with Crippen LogP contribution in [0.1, 0.15) is 37.6 Å². The maximum atomic E-state index is 11.7. The summed E-state index contributed by atoms with van der Waals surface area (Å²) in [7, 11) is 0. The SMILES string of the molecule is CCN(CCC(=O)NC(C)C)c1ccc(C(=O)O)cc1N. The van der Waals surface area contributed by atoms with Crippen LogP contribution in [0.3, 0.4) is 0 Å². The third-order valence-electron chi connectivity index (χ3n) is 3.06. The highest BCUT2D eigenvalue weighted by Crippen LogP contribution is 2.24. The molecule has 1 amide bonds. The average Bonchev–Trinajstić information content (AvgIpc) is 2.39. The molecule has 1 aromatic carbocycles. The topological polar surface area (TPSA) is 95.7 Å². The van der Waals surface area contributed by atoms with Crippen LogP contribution in [-0.4, -0.2) is 36.1 Å². The Kier molecular flexibility index (Phi) is 6.02. The summed E-state index contributed by atoms with van der Waals surface area (Å²) in [6, 6.07) is 4.76. The summed E-state index contributed by atoms with van der Waals surface area (Å²) < 4.78 is 0. The minimum Gasteiger partial charge on any atom is -0.478 e. The molecule has 116 valence electrons. The van der Waals surface area contributed by atoms with Crippen molar-refractivity contribution >= 4 is 23.3 Å². The first-order valence-corrected chi connectivity index (χ1v) is 7.02. The summed E-state index contributed by atoms with van der Waals surface area (Å²) in [5, 5.41) is 11.8. The van der Waals surface area contributed by atoms with Crippen LogP contribution in [-0.2, 0) is 4.79 Å². The molecule has 0 unspecified atom stereocenters. The molecule has 0 aliphatic carbocycles. The molecule has 0 radical (unpaired) electrons. The fourth-order valence-electron chi connectivity index (χ4n) is 2.06. The van der Waals surface area contributed by atoms with E-state index in [4.69, 9.17) is 10.8 Å². The standard InChI is InChI=1S/C15H23N3O3/c1-4-18(8-7-14(19)17-10(2)3)13-6-5-11(15(20)21)9-12(13)16/h5-6,9-10H,4,7-8,16H2,1-3H3,(H,17,19)(H,20,21). The number of carboxylic acid groups (broad SMARTS) is 1. The van der Waals surface area contributed by atoms with E-state index in [0.29, 0.717) is 25.2 Å². The third-order valence-corrected chi connectivity index (χ3v) is 3.06. The Labute approximate surface area is 124 Å². The molecule has 0 aromatic heterocycles. The fourth-order valence-corrected chi connectivity index (χ4v) is 2.06. The summed E-state index contributed by atoms with van der Waals surface area (Å²) in [5.41, 5.74) is 7.23. The van der Waals surface area contributed by atoms with Crippen molar-refractivity contribution in [2.24, 2.45) is 0 Å². The Morgan fingerprint density at radius 3 is 2.52 bits per heavy atom. The zero-order valence-electron chi connectivity index (χ0n) is 12.7. The monoisotopic (exact) mass is 293 g/mol. The Morgan fingerprint density at radius 1 is 1.38 bits per heavy atom. The largest absolute Gasteiger partial charge is 0.478 e. The molecule has 0 fully saturated rings. The van der Waals surface area contributed by atoms with E-state index in [1.807, 2.05) is 25.7 Å². The number of aromatic carboxylic acids is 1. The Balaban J connectivity index is 2.76. The Hall–Kier alpha value is -2.24. The molecular formula is C15H23N3O3. The van der Waals surface area contributed by atoms with Gasteiger partial charge in [0.25, 0.3) is 0 Å². The van der Waals surface area contributed by atoms with Crippen LogP contribution in [0.15, 0.2) is 18.2 Å². The van der Waals surface area contributed by atoms with Crippen LogP contribution in [0.2, 0.25) is 0 Å². The predicted molar refractivity (Wildman–Crippen MR) is 83.6 cm³/mol. The van der Waals surface area contributed by atoms with Crippen molar-refractivity contribution in [2.75, 3.05) is 23.7 Å². The second-order valence-corrected chi connectivity index (χ2v) is 5.13. The number of carbonyl (C=O) groups excluding carboxylic acids is 1. The van der Waals surface area contributed by atoms with E-state index in [1.54, 1.807) is 6.07 Å². The molecule has 0 atom stereocenters. The Morgan fingerprint density at radius 2 is 2.05 bits per heavy atom. The molecule has 0 saturated carbocycles. The summed E-state index contributed by atoms with van der Waals surface area (Å²) in [6.45, 7) is 7.01. The van der Waals surface area contributed by atoms with Crippen LogP contribution in [0.5, 0.6) is 0 Å². The molecule has 0 bridgehead atoms. The lowest BCUT2D eigenvalue weighted by Gasteiger charge is -2.24. The number of nitrogen functional groups attached to an aromatic ring is 1. The lowest BCUT2D eigenvalue weighted by atomic mass is 10.1. The van der Waals surface area contributed by atoms with Gasteiger partial charge in [-0.1, -0.05) is 0 Å². The van der Waals surface area contributed by atoms with Gasteiger partial charge in [-0.3, -0.25) is 4.79 Å². The minimum absolute atomic E-state index is 0.0100. The maximum Gasteiger partial charge on any atom is 0.335 e. The predicted octanol–water partition coefficient (Wildman–Crippen LogP) is 1.71. The number of nitrogens with two attached hydrogens (primary N) is 1. The molecule has 4 N–H and O–H groups in total. The maximum absolute atomic E-state index is 11.7. The highest BCUT2D eigenvalue weighted by molar-refractivity contribution is 5.90. The first-order valence-electron chi connectivity index (χ1n) is 7.02. The van der Waals surface area contributed by atoms with E-state index < -0.39 is 5.97 Å². The number of nitrogens with zero attached hydrogens (tertiary/aromatic N) is 1. The number of hydrogen-bond donors (Lipinski definition) is 3. The van der Waals surface area contributed by atoms with Gasteiger partial charge in [-0.15, -0.1) is 0 Å². The van der Waals surface area contributed by atoms with Gasteiger partial charge in [0.2, 0.25) is 5.91 Å². The summed E-state index contributed by atoms with van der Waals surface area (Å²) in [5.74, 6) is -1.02. The van der Waals surface area contributed by atoms with Crippen LogP contribution in [0.25, 0.3) is 0 Å². The van der Waals surface area contributed by atoms with Crippen LogP contribution in [0, 0.1) is 0 Å². The van der Waals surface area contributed by atoms with E-state index >= 15 is 0 Å². The minimum atomic E-state index is -1.01. The average molecular weight is 293 g/mol. The van der Waals surface area contributed by atoms with Gasteiger partial charge in [0.05, 0.1) is 16.9 Å². The lowest BCUT2D eigenvalue weighted by Crippen LogP contribution is -2.34. The zero-order valence-corrected chi connectivity index (χ0v) is 12.7. The van der Waals surface area contributed by atoms with Gasteiger partial charge in [-0.05, 0) is 39.0 Å². The van der Waals surface area contributed by atoms with Crippen LogP contribution in [0.4, 0.5) is 11.4 Å². The number of hydrogen-bond acceptors (Lipinski definition) is 4. The molecule has 0 aliphatic rings. The van der Waals surface area contributed by atoms with Gasteiger partial charge in [0.15, 0.2) is 0 Å². The lowest BCUT2D eigenvalue weighted by molar-refractivity contribution is -0.121. The van der Waals surface area contributed by atoms with E-state index in [1.165, 1.54) is 12.1 Å². The van der Waals surface area contributed by atoms with Crippen molar-refractivity contribution in [1.82, 2.24) is 5.32 Å². The third kappa shape index (κ3) is 4.98. The van der Waals surface area contributed by atoms with Gasteiger partial charge in [-0.2, -0.15) is 0 Å². The van der Waals surface area contributed by atoms with E-state index in [9.17, 15) is 9.59 Å². The molecule has 0 aliphatic heterocycles. The fraction of sp³-hybridized carbons (Fsp3) is 0.467. The van der Waals surface area contributed by atoms with Gasteiger partial charge >= 0.3 is 5.97 Å². The number of anilines is 2. The van der Waals surface area contributed by atoms with Gasteiger partial charge < -0.3 is 21.1 Å². The molecule has 21 heavy (non-hydrogen) atoms. The van der Waals surface area contributed by atoms with E-state index in [-0.39, 0.29) is 17.5 Å². The molecule has 0 heterocycles. The van der Waals surface area contributed by atoms with Crippen molar-refractivity contribution < 1.29 is 14.7 Å². The summed E-state index contributed by atoms with van der Waals surface area (Å²) in [6.07, 6.45) is 0.367. The van der Waals surface area contributed by atoms with Crippen molar-refractivity contribution in [1.29, 1.82) is 0 Å². The number of carboxylic acids is 1. The number of carbonyl (C=O) groups is 2. The molecule has 6 heteroatoms. The van der Waals surface area contributed by atoms with E-state index in [0.717, 1.165) is 5.69 Å². The number of amides is 1. The molecule has 1 rings (SSSR count). The van der Waals surface area contributed by atoms with Gasteiger partial charge in [-0.25, -0.2) is 4.79 Å². The van der Waals surface area contributed by atoms with Crippen LogP contribution >= 0.6 is 0 Å². The highest BCUT2D eigenvalue weighted by Gasteiger charge is 2.13. The normalized spacial score (nSPS) is 10.5. The smallest absolute Gasteiger partial charge is 0.335 e. The van der Waals surface area contributed by atoms with Crippen molar-refractivity contribution in [3.63, 3.8) is 0 Å². The second kappa shape index (κ2) is 7.52. The zero-order chi connectivity index (χ0) is 16.0. The number of rotatable bonds is 7. The summed E-state index contributed by atoms with van der Waals surface area (Å²) in [4.78, 5) is 24.5. The van der Waals surface area contributed by atoms with Crippen LogP contribution < -0.4 is 16.0 Å². The molecule has 0 spiro atoms. The first kappa shape index (κ1) is 16.8. The molecule has 1 aromatic rings. The van der Waals surface area contributed by atoms with E-state index in [2.05, 4.69) is 5.32 Å². The van der Waals surface area contributed by atoms with Crippen molar-refractivity contribution in [3.8, 4) is 0 Å². The molecular weight excluding hydrogens is 270 g/mol. The quantitative estimate of drug-likeness (QED) is 0.665. The molecule has 0 saturated heterocycles. The number of benzene rings is 1. The van der Waals surface area contributed by atoms with Gasteiger partial charge in [0, 0.05) is 25.6 Å². The van der Waals surface area contributed by atoms with Crippen molar-refractivity contribution in [2.45, 2.75) is 33.2 Å². The molecule has 6 nitrogen and oxygen atoms in total. The highest BCUT2D eigenvalue weighted by atomic mass is 16.4.